The first kappa shape index (κ1) is 6.80. The van der Waals surface area contributed by atoms with Crippen molar-refractivity contribution in [3.63, 3.8) is 0 Å². The molecule has 1 atom stereocenters. The Morgan fingerprint density at radius 1 is 1.60 bits per heavy atom. The molecule has 0 radical (unpaired) electrons. The number of amides is 1. The van der Waals surface area contributed by atoms with Crippen molar-refractivity contribution >= 4 is 6.09 Å². The van der Waals surface area contributed by atoms with E-state index >= 15 is 0 Å². The average molecular weight is 143 g/mol. The van der Waals surface area contributed by atoms with Gasteiger partial charge in [-0.15, -0.1) is 0 Å². The Morgan fingerprint density at radius 2 is 2.30 bits per heavy atom. The van der Waals surface area contributed by atoms with Gasteiger partial charge in [0, 0.05) is 6.20 Å². The topological polar surface area (TPSA) is 40.5 Å². The van der Waals surface area contributed by atoms with E-state index in [0.717, 1.165) is 6.08 Å². The quantitative estimate of drug-likeness (QED) is 0.520. The molecule has 0 spiro atoms. The second-order valence-corrected chi connectivity index (χ2v) is 1.79. The maximum absolute atomic E-state index is 12.5. The number of carbonyl (C=O) groups is 1. The fourth-order valence-electron chi connectivity index (χ4n) is 0.642. The molecule has 1 N–H and O–H groups in total. The van der Waals surface area contributed by atoms with Crippen LogP contribution in [-0.2, 0) is 0 Å². The summed E-state index contributed by atoms with van der Waals surface area (Å²) in [7, 11) is 0. The van der Waals surface area contributed by atoms with Crippen molar-refractivity contribution in [2.75, 3.05) is 0 Å². The van der Waals surface area contributed by atoms with Crippen LogP contribution in [0.1, 0.15) is 0 Å². The summed E-state index contributed by atoms with van der Waals surface area (Å²) in [5.74, 6) is 0. The van der Waals surface area contributed by atoms with Crippen LogP contribution in [-0.4, -0.2) is 22.4 Å². The lowest BCUT2D eigenvalue weighted by Crippen LogP contribution is -2.31. The third kappa shape index (κ3) is 1.15. The van der Waals surface area contributed by atoms with Gasteiger partial charge < -0.3 is 5.11 Å². The minimum Gasteiger partial charge on any atom is -0.465 e. The van der Waals surface area contributed by atoms with Crippen LogP contribution in [0.4, 0.5) is 9.18 Å². The van der Waals surface area contributed by atoms with Gasteiger partial charge in [-0.3, -0.25) is 0 Å². The van der Waals surface area contributed by atoms with Crippen molar-refractivity contribution in [1.29, 1.82) is 0 Å². The minimum absolute atomic E-state index is 0.583. The largest absolute Gasteiger partial charge is 0.465 e. The van der Waals surface area contributed by atoms with Gasteiger partial charge >= 0.3 is 6.09 Å². The summed E-state index contributed by atoms with van der Waals surface area (Å²) in [5, 5.41) is 8.31. The average Bonchev–Trinajstić information content (AvgIpc) is 1.88. The predicted octanol–water partition coefficient (Wildman–Crippen LogP) is 1.35. The standard InChI is InChI=1S/C6H6FNO2/c7-5-3-1-2-4-8(5)6(9)10/h1-5H,(H,9,10)/t5-/m1/s1. The molecule has 0 unspecified atom stereocenters. The molecular formula is C6H6FNO2. The van der Waals surface area contributed by atoms with Gasteiger partial charge in [0.25, 0.3) is 0 Å². The van der Waals surface area contributed by atoms with E-state index in [4.69, 9.17) is 5.11 Å². The Kier molecular flexibility index (Phi) is 1.71. The highest BCUT2D eigenvalue weighted by Gasteiger charge is 2.18. The summed E-state index contributed by atoms with van der Waals surface area (Å²) in [4.78, 5) is 10.7. The molecule has 10 heavy (non-hydrogen) atoms. The minimum atomic E-state index is -1.54. The number of nitrogens with zero attached hydrogens (tertiary/aromatic N) is 1. The second-order valence-electron chi connectivity index (χ2n) is 1.79. The van der Waals surface area contributed by atoms with E-state index in [1.54, 1.807) is 0 Å². The van der Waals surface area contributed by atoms with E-state index in [9.17, 15) is 9.18 Å². The first-order chi connectivity index (χ1) is 4.72. The van der Waals surface area contributed by atoms with Crippen LogP contribution in [0.15, 0.2) is 24.4 Å². The summed E-state index contributed by atoms with van der Waals surface area (Å²) in [6.07, 6.45) is 2.44. The van der Waals surface area contributed by atoms with Crippen LogP contribution in [0.3, 0.4) is 0 Å². The molecule has 0 saturated heterocycles. The number of halogens is 1. The van der Waals surface area contributed by atoms with Crippen LogP contribution in [0.5, 0.6) is 0 Å². The Hall–Kier alpha value is -1.32. The van der Waals surface area contributed by atoms with Crippen LogP contribution < -0.4 is 0 Å². The molecule has 0 saturated carbocycles. The van der Waals surface area contributed by atoms with Crippen molar-refractivity contribution < 1.29 is 14.3 Å². The summed E-state index contributed by atoms with van der Waals surface area (Å²) < 4.78 is 12.5. The number of hydrogen-bond donors (Lipinski definition) is 1. The number of hydrogen-bond acceptors (Lipinski definition) is 1. The lowest BCUT2D eigenvalue weighted by molar-refractivity contribution is 0.122. The van der Waals surface area contributed by atoms with Gasteiger partial charge in [0.1, 0.15) is 0 Å². The maximum Gasteiger partial charge on any atom is 0.413 e. The number of rotatable bonds is 0. The van der Waals surface area contributed by atoms with Gasteiger partial charge in [-0.05, 0) is 12.2 Å². The number of allylic oxidation sites excluding steroid dienone is 2. The van der Waals surface area contributed by atoms with Gasteiger partial charge in [-0.1, -0.05) is 6.08 Å². The first-order valence-electron chi connectivity index (χ1n) is 2.72. The normalized spacial score (nSPS) is 23.3. The highest BCUT2D eigenvalue weighted by atomic mass is 19.1. The molecule has 1 heterocycles. The molecule has 0 aromatic carbocycles. The molecule has 0 aromatic rings. The van der Waals surface area contributed by atoms with E-state index in [0.29, 0.717) is 4.90 Å². The van der Waals surface area contributed by atoms with E-state index in [-0.39, 0.29) is 0 Å². The van der Waals surface area contributed by atoms with E-state index in [1.807, 2.05) is 0 Å². The van der Waals surface area contributed by atoms with Crippen LogP contribution in [0.25, 0.3) is 0 Å². The molecule has 1 aliphatic heterocycles. The number of carboxylic acid groups (broad SMARTS) is 1. The van der Waals surface area contributed by atoms with Crippen molar-refractivity contribution in [1.82, 2.24) is 4.90 Å². The highest BCUT2D eigenvalue weighted by Crippen LogP contribution is 2.08. The van der Waals surface area contributed by atoms with Crippen molar-refractivity contribution in [3.8, 4) is 0 Å². The van der Waals surface area contributed by atoms with Gasteiger partial charge in [0.05, 0.1) is 0 Å². The monoisotopic (exact) mass is 143 g/mol. The number of alkyl halides is 1. The van der Waals surface area contributed by atoms with Crippen LogP contribution >= 0.6 is 0 Å². The van der Waals surface area contributed by atoms with Gasteiger partial charge in [-0.25, -0.2) is 14.1 Å². The molecule has 0 bridgehead atoms. The summed E-state index contributed by atoms with van der Waals surface area (Å²) in [6.45, 7) is 0. The zero-order valence-electron chi connectivity index (χ0n) is 5.07. The maximum atomic E-state index is 12.5. The summed E-state index contributed by atoms with van der Waals surface area (Å²) in [5.41, 5.74) is 0. The smallest absolute Gasteiger partial charge is 0.413 e. The SMILES string of the molecule is O=C(O)N1C=CC=C[C@@H]1F. The molecule has 54 valence electrons. The van der Waals surface area contributed by atoms with Crippen LogP contribution in [0.2, 0.25) is 0 Å². The zero-order chi connectivity index (χ0) is 7.56. The molecule has 1 rings (SSSR count). The molecule has 0 fully saturated rings. The van der Waals surface area contributed by atoms with Crippen molar-refractivity contribution in [2.45, 2.75) is 6.30 Å². The zero-order valence-corrected chi connectivity index (χ0v) is 5.07. The third-order valence-corrected chi connectivity index (χ3v) is 1.11. The third-order valence-electron chi connectivity index (χ3n) is 1.11. The van der Waals surface area contributed by atoms with E-state index in [2.05, 4.69) is 0 Å². The Morgan fingerprint density at radius 3 is 2.70 bits per heavy atom. The lowest BCUT2D eigenvalue weighted by atomic mass is 10.3. The Bertz CT molecular complexity index is 200. The van der Waals surface area contributed by atoms with Crippen LogP contribution in [0, 0.1) is 0 Å². The lowest BCUT2D eigenvalue weighted by Gasteiger charge is -2.17. The molecule has 3 nitrogen and oxygen atoms in total. The van der Waals surface area contributed by atoms with Crippen molar-refractivity contribution in [3.05, 3.63) is 24.4 Å². The Balaban J connectivity index is 2.70. The second kappa shape index (κ2) is 2.51. The van der Waals surface area contributed by atoms with Crippen molar-refractivity contribution in [2.24, 2.45) is 0 Å². The Labute approximate surface area is 57.1 Å². The molecule has 1 aliphatic rings. The summed E-state index contributed by atoms with van der Waals surface area (Å²) >= 11 is 0. The molecule has 0 aliphatic carbocycles. The molecule has 0 aromatic heterocycles. The fourth-order valence-corrected chi connectivity index (χ4v) is 0.642. The fraction of sp³-hybridized carbons (Fsp3) is 0.167. The molecule has 4 heteroatoms. The highest BCUT2D eigenvalue weighted by molar-refractivity contribution is 5.67. The molecular weight excluding hydrogens is 137 g/mol. The van der Waals surface area contributed by atoms with Gasteiger partial charge in [-0.2, -0.15) is 0 Å². The van der Waals surface area contributed by atoms with Gasteiger partial charge in [0.15, 0.2) is 6.30 Å². The summed E-state index contributed by atoms with van der Waals surface area (Å²) in [6, 6.07) is 0. The first-order valence-corrected chi connectivity index (χ1v) is 2.72. The van der Waals surface area contributed by atoms with E-state index in [1.165, 1.54) is 18.4 Å². The van der Waals surface area contributed by atoms with E-state index < -0.39 is 12.4 Å². The predicted molar refractivity (Wildman–Crippen MR) is 33.0 cm³/mol. The van der Waals surface area contributed by atoms with Gasteiger partial charge in [0.2, 0.25) is 0 Å². The molecule has 1 amide bonds.